The maximum Gasteiger partial charge on any atom is 0.394 e. The van der Waals surface area contributed by atoms with Crippen LogP contribution in [0.1, 0.15) is 77.3 Å². The standard InChI is InChI=1S/C14H16Br2FN3O2.C14H14BrFN4O2.C14H15BrFN3O3.C14H12N4O.C10H11BrFN3O.C4H10O2.C4H10O.C3H4O2.C2H5O.Al.Li.H/c15-6-14(7-22-8-14)20-5-9(17)4-10(20)13(21)19-12-3-1-2-11(16)18-12;15-11-2-1-3-12(18-11)19-13(21)10-4-9(16)5-20(10)14(6-17)7-22-8-14;15-11-2-1-3-12(17-11)18-13(21)10-4-9(16)5-19(10)14(6-20)7-22-8-14;1-8-16-6-11(7-17-8)9-2-3-10-5-18-13(14(15)19)12(10)4-9;11-8-2-1-3-9(14-8)15-10(16)7-4-6(12)5-13-7;1-3-5-6-4-2;1-3-5-4-2;4-3-1-5-2-3;1-2-3;;;/h1-3,9-10H,4-8H2,(H,18,19,21);1-3,9-10H,4-5,7-8H2,(H,18,19,21);1-3,6,9-10H,4-5,7-8H2,(H,17,18,21);2-4,6-7H,5H2,1H3,(H2,15,19);1-3,6-7,13H,4-5H2,(H,14,15,16);3-4H2,1-2H3;3-4H2,1-2H3;1-2H2;2H2,1H3;;;/q;;;;;;;;-1;+1;;/t3*9-,10+;;6-,7+;;;;;;;/m111.1......./s1. The van der Waals surface area contributed by atoms with Crippen molar-refractivity contribution in [2.45, 2.75) is 139 Å². The molecule has 0 bridgehead atoms. The quantitative estimate of drug-likeness (QED) is 0.00572. The van der Waals surface area contributed by atoms with Gasteiger partial charge in [-0.25, -0.2) is 57.2 Å². The van der Waals surface area contributed by atoms with Crippen molar-refractivity contribution in [3.8, 4) is 17.2 Å². The molecule has 9 aliphatic heterocycles. The molecule has 1 aromatic carbocycles. The van der Waals surface area contributed by atoms with Gasteiger partial charge in [0.2, 0.25) is 23.6 Å². The van der Waals surface area contributed by atoms with E-state index in [0.717, 1.165) is 54.2 Å². The van der Waals surface area contributed by atoms with Crippen LogP contribution in [0.25, 0.3) is 11.1 Å². The van der Waals surface area contributed by atoms with Gasteiger partial charge in [-0.05, 0) is 171 Å². The summed E-state index contributed by atoms with van der Waals surface area (Å²) in [6, 6.07) is 26.4. The van der Waals surface area contributed by atoms with Crippen LogP contribution in [0.2, 0.25) is 0 Å². The van der Waals surface area contributed by atoms with Crippen molar-refractivity contribution in [1.29, 1.82) is 5.26 Å². The normalized spacial score (nSPS) is 21.9. The third kappa shape index (κ3) is 31.5. The molecule has 8 saturated heterocycles. The van der Waals surface area contributed by atoms with E-state index in [4.69, 9.17) is 24.7 Å². The molecule has 8 atom stereocenters. The molecular weight excluding hydrogens is 1940 g/mol. The number of likely N-dealkylation sites (tertiary alicyclic amines) is 3. The van der Waals surface area contributed by atoms with Crippen LogP contribution in [0.15, 0.2) is 127 Å². The predicted molar refractivity (Wildman–Crippen MR) is 467 cm³/mol. The number of nitrogens with two attached hydrogens (primary N) is 1. The number of carbonyl (C=O) groups excluding carboxylic acids is 7. The first-order valence-corrected chi connectivity index (χ1v) is 43.5. The van der Waals surface area contributed by atoms with E-state index >= 15 is 0 Å². The summed E-state index contributed by atoms with van der Waals surface area (Å²) in [5.41, 5.74) is 7.31. The summed E-state index contributed by atoms with van der Waals surface area (Å²) in [5, 5.41) is 23.6. The number of carbonyl (C=O) groups is 7. The number of nitriles is 1. The van der Waals surface area contributed by atoms with Crippen LogP contribution >= 0.6 is 79.6 Å². The molecular formula is C79H98AlBr5F4LiN17O15. The number of primary amides is 1. The molecule has 32 nitrogen and oxygen atoms in total. The minimum absolute atomic E-state index is 0. The molecule has 0 spiro atoms. The van der Waals surface area contributed by atoms with Crippen LogP contribution in [0.5, 0.6) is 0 Å². The van der Waals surface area contributed by atoms with E-state index in [0.29, 0.717) is 98.9 Å². The van der Waals surface area contributed by atoms with Gasteiger partial charge in [0.15, 0.2) is 11.3 Å². The number of aryl methyl sites for hydroxylation is 1. The number of Topliss-reactive ketones (excluding diaryl/α,β-unsaturated/α-hetero) is 1. The van der Waals surface area contributed by atoms with E-state index in [9.17, 15) is 56.4 Å². The van der Waals surface area contributed by atoms with Crippen LogP contribution < -0.4 is 32.3 Å². The second kappa shape index (κ2) is 53.2. The van der Waals surface area contributed by atoms with Crippen molar-refractivity contribution in [3.05, 3.63) is 139 Å². The van der Waals surface area contributed by atoms with Crippen molar-refractivity contribution < 1.29 is 88.4 Å². The van der Waals surface area contributed by atoms with Crippen molar-refractivity contribution in [2.75, 3.05) is 139 Å². The van der Waals surface area contributed by atoms with E-state index in [1.165, 1.54) is 16.6 Å². The summed E-state index contributed by atoms with van der Waals surface area (Å²) in [7, 11) is 0. The molecule has 0 saturated carbocycles. The molecule has 15 rings (SSSR count). The van der Waals surface area contributed by atoms with Gasteiger partial charge >= 0.3 is 16.6 Å². The second-order valence-electron chi connectivity index (χ2n) is 27.9. The molecule has 122 heavy (non-hydrogen) atoms. The molecule has 5 aromatic heterocycles. The second-order valence-corrected chi connectivity index (χ2v) is 32.1. The zero-order valence-electron chi connectivity index (χ0n) is 68.5. The van der Waals surface area contributed by atoms with Crippen molar-refractivity contribution in [3.63, 3.8) is 0 Å². The van der Waals surface area contributed by atoms with E-state index < -0.39 is 65.8 Å². The average Bonchev–Trinajstić information content (AvgIpc) is 1.57. The maximum absolute atomic E-state index is 13.9. The fraction of sp³-hybridized carbons (Fsp3) is 0.506. The van der Waals surface area contributed by atoms with E-state index in [2.05, 4.69) is 165 Å². The Morgan fingerprint density at radius 3 is 1.36 bits per heavy atom. The summed E-state index contributed by atoms with van der Waals surface area (Å²) in [5.74, 6) is 0.951. The summed E-state index contributed by atoms with van der Waals surface area (Å²) in [4.78, 5) is 125. The number of fused-ring (bicyclic) bond motifs is 1. The fourth-order valence-electron chi connectivity index (χ4n) is 12.8. The van der Waals surface area contributed by atoms with Gasteiger partial charge in [0.1, 0.15) is 103 Å². The van der Waals surface area contributed by atoms with Gasteiger partial charge in [0.25, 0.3) is 5.91 Å². The molecule has 5 amide bonds. The SMILES string of the molecule is CCOCC.CCOOCC.CC[O][AlH].Cc1ncc(-c2ccc3c(c2)C(C(N)=O)=NC3)cn1.N#CC1(N2C[C@H](F)C[C@H]2C(=O)Nc2cccc(Br)n2)COC1.O=C(Nc1cccc(Br)n1)[C@@H]1C[C@@H](F)CN1.O=C(Nc1cccc(Br)n1)[C@@H]1C[C@@H](F)CN1C1(CBr)COC1.O=C1COC1.O=CC1(N2C[C@H](F)C[C@H]2C(=O)Nc2cccc(Br)n2)COC1.[Li]. The minimum Gasteiger partial charge on any atom is -0.510 e. The molecule has 7 N–H and O–H groups in total. The number of aliphatic imine (C=N–C) groups is 1. The average molecular weight is 2040 g/mol. The molecule has 43 heteroatoms. The van der Waals surface area contributed by atoms with Crippen LogP contribution in [0, 0.1) is 18.3 Å². The van der Waals surface area contributed by atoms with Crippen LogP contribution in [0.4, 0.5) is 40.8 Å². The number of aromatic nitrogens is 6. The smallest absolute Gasteiger partial charge is 0.394 e. The van der Waals surface area contributed by atoms with E-state index in [1.807, 2.05) is 64.6 Å². The van der Waals surface area contributed by atoms with Gasteiger partial charge in [0.05, 0.1) is 95.2 Å². The number of pyridine rings is 4. The molecule has 0 unspecified atom stereocenters. The number of benzene rings is 1. The summed E-state index contributed by atoms with van der Waals surface area (Å²) >= 11 is 17.9. The number of nitrogens with one attached hydrogen (secondary N) is 5. The van der Waals surface area contributed by atoms with Gasteiger partial charge in [-0.3, -0.25) is 48.5 Å². The number of alkyl halides is 5. The molecule has 656 valence electrons. The Hall–Kier alpha value is -6.48. The number of ether oxygens (including phenoxy) is 5. The largest absolute Gasteiger partial charge is 0.510 e. The van der Waals surface area contributed by atoms with Gasteiger partial charge in [0, 0.05) is 119 Å². The first-order chi connectivity index (χ1) is 58.0. The molecule has 2 radical (unpaired) electrons. The number of aldehydes is 1. The van der Waals surface area contributed by atoms with Crippen LogP contribution in [0.3, 0.4) is 0 Å². The van der Waals surface area contributed by atoms with Gasteiger partial charge < -0.3 is 64.6 Å². The Morgan fingerprint density at radius 1 is 0.607 bits per heavy atom. The van der Waals surface area contributed by atoms with E-state index in [-0.39, 0.29) is 132 Å². The van der Waals surface area contributed by atoms with Crippen molar-refractivity contribution in [1.82, 2.24) is 49.9 Å². The Balaban J connectivity index is 0.000000223. The number of nitrogens with zero attached hydrogens (tertiary/aromatic N) is 11. The number of anilines is 4. The van der Waals surface area contributed by atoms with Crippen LogP contribution in [-0.4, -0.2) is 310 Å². The molecule has 8 fully saturated rings. The predicted octanol–water partition coefficient (Wildman–Crippen LogP) is 8.79. The van der Waals surface area contributed by atoms with Crippen molar-refractivity contribution in [2.24, 2.45) is 10.7 Å². The number of ketones is 1. The Labute approximate surface area is 767 Å². The van der Waals surface area contributed by atoms with Crippen LogP contribution in [-0.2, 0) is 77.4 Å². The van der Waals surface area contributed by atoms with Gasteiger partial charge in [-0.15, -0.1) is 0 Å². The molecule has 14 heterocycles. The van der Waals surface area contributed by atoms with Gasteiger partial charge in [-0.1, -0.05) is 52.3 Å². The van der Waals surface area contributed by atoms with Crippen molar-refractivity contribution >= 4 is 186 Å². The zero-order chi connectivity index (χ0) is 88.2. The summed E-state index contributed by atoms with van der Waals surface area (Å²) in [6.07, 6.45) is 0.647. The maximum atomic E-state index is 13.9. The Kier molecular flexibility index (Phi) is 45.5. The van der Waals surface area contributed by atoms with Gasteiger partial charge in [-0.2, -0.15) is 5.26 Å². The number of amides is 5. The first-order valence-electron chi connectivity index (χ1n) is 38.6. The zero-order valence-corrected chi connectivity index (χ0v) is 77.8. The van der Waals surface area contributed by atoms with E-state index in [1.54, 1.807) is 95.0 Å². The number of halogens is 9. The first kappa shape index (κ1) is 104. The third-order valence-electron chi connectivity index (χ3n) is 19.0. The monoisotopic (exact) mass is 2030 g/mol. The fourth-order valence-corrected chi connectivity index (χ4v) is 14.8. The molecule has 9 aliphatic rings. The summed E-state index contributed by atoms with van der Waals surface area (Å²) in [6.45, 7) is 19.0. The number of hydrogen-bond donors (Lipinski definition) is 6. The summed E-state index contributed by atoms with van der Waals surface area (Å²) < 4.78 is 86.3. The third-order valence-corrected chi connectivity index (χ3v) is 22.2. The number of hydrogen-bond acceptors (Lipinski definition) is 27. The Bertz CT molecular complexity index is 4430. The molecule has 6 aromatic rings. The minimum atomic E-state index is -1.14. The topological polar surface area (TPSA) is 403 Å². The Morgan fingerprint density at radius 2 is 1.03 bits per heavy atom. The number of rotatable bonds is 21. The molecule has 0 aliphatic carbocycles.